The van der Waals surface area contributed by atoms with E-state index in [2.05, 4.69) is 0 Å². The molecule has 0 unspecified atom stereocenters. The van der Waals surface area contributed by atoms with E-state index in [9.17, 15) is 9.18 Å². The molecule has 0 radical (unpaired) electrons. The first-order valence-electron chi connectivity index (χ1n) is 7.34. The van der Waals surface area contributed by atoms with Crippen LogP contribution in [0.15, 0.2) is 53.4 Å². The molecule has 0 aliphatic carbocycles. The van der Waals surface area contributed by atoms with Crippen LogP contribution in [0.3, 0.4) is 0 Å². The van der Waals surface area contributed by atoms with Crippen molar-refractivity contribution in [3.8, 4) is 5.75 Å². The van der Waals surface area contributed by atoms with E-state index in [-0.39, 0.29) is 11.7 Å². The third-order valence-corrected chi connectivity index (χ3v) is 4.45. The third kappa shape index (κ3) is 5.28. The summed E-state index contributed by atoms with van der Waals surface area (Å²) in [5.74, 6) is 1.23. The molecular weight excluding hydrogens is 313 g/mol. The molecule has 0 saturated heterocycles. The Labute approximate surface area is 140 Å². The quantitative estimate of drug-likeness (QED) is 0.718. The Hall–Kier alpha value is -2.01. The van der Waals surface area contributed by atoms with Gasteiger partial charge in [0.1, 0.15) is 11.6 Å². The minimum Gasteiger partial charge on any atom is -0.497 e. The standard InChI is InChI=1S/C18H20FNO2S/c1-20(13-14-5-3-4-6-17(14)19)18(21)11-12-23-16-9-7-15(22-2)8-10-16/h3-10H,11-13H2,1-2H3. The van der Waals surface area contributed by atoms with Gasteiger partial charge in [-0.25, -0.2) is 4.39 Å². The van der Waals surface area contributed by atoms with Crippen LogP contribution in [0.5, 0.6) is 5.75 Å². The van der Waals surface area contributed by atoms with Crippen molar-refractivity contribution < 1.29 is 13.9 Å². The zero-order chi connectivity index (χ0) is 16.7. The second-order valence-corrected chi connectivity index (χ2v) is 6.28. The molecule has 0 atom stereocenters. The molecule has 2 rings (SSSR count). The number of nitrogens with zero attached hydrogens (tertiary/aromatic N) is 1. The minimum atomic E-state index is -0.278. The lowest BCUT2D eigenvalue weighted by Gasteiger charge is -2.17. The fraction of sp³-hybridized carbons (Fsp3) is 0.278. The molecule has 0 N–H and O–H groups in total. The molecule has 2 aromatic carbocycles. The van der Waals surface area contributed by atoms with Crippen LogP contribution in [0, 0.1) is 5.82 Å². The van der Waals surface area contributed by atoms with Gasteiger partial charge in [-0.05, 0) is 30.3 Å². The van der Waals surface area contributed by atoms with Gasteiger partial charge in [0.25, 0.3) is 0 Å². The summed E-state index contributed by atoms with van der Waals surface area (Å²) in [6.45, 7) is 0.290. The summed E-state index contributed by atoms with van der Waals surface area (Å²) >= 11 is 1.62. The van der Waals surface area contributed by atoms with E-state index in [0.29, 0.717) is 24.3 Å². The van der Waals surface area contributed by atoms with E-state index in [1.54, 1.807) is 49.0 Å². The van der Waals surface area contributed by atoms with Crippen molar-refractivity contribution in [2.24, 2.45) is 0 Å². The van der Waals surface area contributed by atoms with Crippen LogP contribution < -0.4 is 4.74 Å². The highest BCUT2D eigenvalue weighted by Gasteiger charge is 2.11. The lowest BCUT2D eigenvalue weighted by atomic mass is 10.2. The van der Waals surface area contributed by atoms with E-state index >= 15 is 0 Å². The van der Waals surface area contributed by atoms with E-state index in [1.165, 1.54) is 6.07 Å². The summed E-state index contributed by atoms with van der Waals surface area (Å²) in [4.78, 5) is 14.8. The Balaban J connectivity index is 1.78. The summed E-state index contributed by atoms with van der Waals surface area (Å²) in [6.07, 6.45) is 0.418. The molecule has 0 saturated carbocycles. The number of benzene rings is 2. The second kappa shape index (κ2) is 8.58. The van der Waals surface area contributed by atoms with Crippen molar-refractivity contribution in [3.05, 3.63) is 59.9 Å². The Kier molecular flexibility index (Phi) is 6.47. The van der Waals surface area contributed by atoms with Gasteiger partial charge in [0.05, 0.1) is 7.11 Å². The number of carbonyl (C=O) groups is 1. The smallest absolute Gasteiger partial charge is 0.223 e. The molecule has 3 nitrogen and oxygen atoms in total. The van der Waals surface area contributed by atoms with Crippen molar-refractivity contribution in [2.45, 2.75) is 17.9 Å². The zero-order valence-electron chi connectivity index (χ0n) is 13.3. The molecule has 122 valence electrons. The van der Waals surface area contributed by atoms with Crippen LogP contribution in [0.4, 0.5) is 4.39 Å². The molecule has 0 aliphatic heterocycles. The monoisotopic (exact) mass is 333 g/mol. The average Bonchev–Trinajstić information content (AvgIpc) is 2.57. The number of carbonyl (C=O) groups excluding carboxylic acids is 1. The minimum absolute atomic E-state index is 0.00858. The predicted molar refractivity (Wildman–Crippen MR) is 91.2 cm³/mol. The summed E-state index contributed by atoms with van der Waals surface area (Å²) in [6, 6.07) is 14.3. The summed E-state index contributed by atoms with van der Waals surface area (Å²) in [5, 5.41) is 0. The fourth-order valence-corrected chi connectivity index (χ4v) is 2.93. The number of ether oxygens (including phenoxy) is 1. The van der Waals surface area contributed by atoms with Crippen molar-refractivity contribution in [1.82, 2.24) is 4.90 Å². The van der Waals surface area contributed by atoms with Crippen LogP contribution in [-0.4, -0.2) is 30.7 Å². The lowest BCUT2D eigenvalue weighted by Crippen LogP contribution is -2.26. The molecule has 0 aliphatic rings. The number of thioether (sulfide) groups is 1. The van der Waals surface area contributed by atoms with E-state index in [4.69, 9.17) is 4.74 Å². The molecule has 23 heavy (non-hydrogen) atoms. The van der Waals surface area contributed by atoms with Crippen molar-refractivity contribution in [3.63, 3.8) is 0 Å². The van der Waals surface area contributed by atoms with Gasteiger partial charge in [-0.2, -0.15) is 0 Å². The molecule has 2 aromatic rings. The molecule has 0 fully saturated rings. The van der Waals surface area contributed by atoms with Crippen molar-refractivity contribution in [1.29, 1.82) is 0 Å². The van der Waals surface area contributed by atoms with Gasteiger partial charge in [-0.1, -0.05) is 18.2 Å². The summed E-state index contributed by atoms with van der Waals surface area (Å²) in [7, 11) is 3.33. The first-order chi connectivity index (χ1) is 11.1. The molecule has 0 aromatic heterocycles. The van der Waals surface area contributed by atoms with E-state index in [1.807, 2.05) is 24.3 Å². The number of rotatable bonds is 7. The first-order valence-corrected chi connectivity index (χ1v) is 8.33. The lowest BCUT2D eigenvalue weighted by molar-refractivity contribution is -0.129. The highest BCUT2D eigenvalue weighted by Crippen LogP contribution is 2.22. The van der Waals surface area contributed by atoms with Gasteiger partial charge >= 0.3 is 0 Å². The normalized spacial score (nSPS) is 10.4. The van der Waals surface area contributed by atoms with Crippen LogP contribution >= 0.6 is 11.8 Å². The highest BCUT2D eigenvalue weighted by atomic mass is 32.2. The van der Waals surface area contributed by atoms with Crippen molar-refractivity contribution in [2.75, 3.05) is 19.9 Å². The largest absolute Gasteiger partial charge is 0.497 e. The van der Waals surface area contributed by atoms with Gasteiger partial charge in [0.2, 0.25) is 5.91 Å². The Morgan fingerprint density at radius 1 is 1.17 bits per heavy atom. The Bertz CT molecular complexity index is 646. The Morgan fingerprint density at radius 2 is 1.87 bits per heavy atom. The second-order valence-electron chi connectivity index (χ2n) is 5.12. The molecule has 1 amide bonds. The van der Waals surface area contributed by atoms with Crippen LogP contribution in [0.1, 0.15) is 12.0 Å². The predicted octanol–water partition coefficient (Wildman–Crippen LogP) is 3.98. The van der Waals surface area contributed by atoms with Crippen LogP contribution in [-0.2, 0) is 11.3 Å². The van der Waals surface area contributed by atoms with Gasteiger partial charge in [-0.15, -0.1) is 11.8 Å². The van der Waals surface area contributed by atoms with Crippen molar-refractivity contribution >= 4 is 17.7 Å². The van der Waals surface area contributed by atoms with Crippen LogP contribution in [0.2, 0.25) is 0 Å². The number of methoxy groups -OCH3 is 1. The van der Waals surface area contributed by atoms with E-state index in [0.717, 1.165) is 10.6 Å². The Morgan fingerprint density at radius 3 is 2.52 bits per heavy atom. The SMILES string of the molecule is COc1ccc(SCCC(=O)N(C)Cc2ccccc2F)cc1. The maximum Gasteiger partial charge on any atom is 0.223 e. The zero-order valence-corrected chi connectivity index (χ0v) is 14.1. The van der Waals surface area contributed by atoms with Gasteiger partial charge < -0.3 is 9.64 Å². The fourth-order valence-electron chi connectivity index (χ4n) is 2.09. The number of hydrogen-bond acceptors (Lipinski definition) is 3. The maximum atomic E-state index is 13.6. The number of halogens is 1. The number of hydrogen-bond donors (Lipinski definition) is 0. The molecule has 0 heterocycles. The maximum absolute atomic E-state index is 13.6. The van der Waals surface area contributed by atoms with E-state index < -0.39 is 0 Å². The number of amides is 1. The third-order valence-electron chi connectivity index (χ3n) is 3.44. The molecule has 0 spiro atoms. The average molecular weight is 333 g/mol. The first kappa shape index (κ1) is 17.3. The van der Waals surface area contributed by atoms with Gasteiger partial charge in [0, 0.05) is 36.2 Å². The molecular formula is C18H20FNO2S. The highest BCUT2D eigenvalue weighted by molar-refractivity contribution is 7.99. The topological polar surface area (TPSA) is 29.5 Å². The summed E-state index contributed by atoms with van der Waals surface area (Å²) in [5.41, 5.74) is 0.533. The molecule has 0 bridgehead atoms. The summed E-state index contributed by atoms with van der Waals surface area (Å²) < 4.78 is 18.7. The molecule has 5 heteroatoms. The van der Waals surface area contributed by atoms with Crippen LogP contribution in [0.25, 0.3) is 0 Å². The van der Waals surface area contributed by atoms with Gasteiger partial charge in [0.15, 0.2) is 0 Å². The van der Waals surface area contributed by atoms with Gasteiger partial charge in [-0.3, -0.25) is 4.79 Å².